The highest BCUT2D eigenvalue weighted by atomic mass is 32.1. The highest BCUT2D eigenvalue weighted by Crippen LogP contribution is 2.18. The average Bonchev–Trinajstić information content (AvgIpc) is 3.02. The summed E-state index contributed by atoms with van der Waals surface area (Å²) in [4.78, 5) is 8.46. The highest BCUT2D eigenvalue weighted by Gasteiger charge is 2.26. The SMILES string of the molecule is CCCC1CNC(CC)CN1Cc1cn2ccsc2n1. The van der Waals surface area contributed by atoms with E-state index in [4.69, 9.17) is 4.98 Å². The van der Waals surface area contributed by atoms with E-state index in [1.54, 1.807) is 11.3 Å². The second-order valence-corrected chi connectivity index (χ2v) is 6.58. The predicted molar refractivity (Wildman–Crippen MR) is 84.3 cm³/mol. The summed E-state index contributed by atoms with van der Waals surface area (Å²) in [6.45, 7) is 7.79. The van der Waals surface area contributed by atoms with Gasteiger partial charge in [-0.15, -0.1) is 11.3 Å². The smallest absolute Gasteiger partial charge is 0.193 e. The molecule has 0 bridgehead atoms. The van der Waals surface area contributed by atoms with Crippen LogP contribution in [0.15, 0.2) is 17.8 Å². The quantitative estimate of drug-likeness (QED) is 0.920. The molecule has 1 saturated heterocycles. The summed E-state index contributed by atoms with van der Waals surface area (Å²) in [6.07, 6.45) is 7.99. The molecule has 2 aromatic rings. The molecule has 1 aliphatic rings. The first kappa shape index (κ1) is 14.0. The number of thiazole rings is 1. The molecule has 2 aromatic heterocycles. The summed E-state index contributed by atoms with van der Waals surface area (Å²) >= 11 is 1.71. The van der Waals surface area contributed by atoms with Crippen molar-refractivity contribution in [2.45, 2.75) is 51.7 Å². The van der Waals surface area contributed by atoms with Crippen molar-refractivity contribution in [2.75, 3.05) is 13.1 Å². The van der Waals surface area contributed by atoms with E-state index < -0.39 is 0 Å². The molecule has 0 spiro atoms. The van der Waals surface area contributed by atoms with Gasteiger partial charge in [0, 0.05) is 49.5 Å². The summed E-state index contributed by atoms with van der Waals surface area (Å²) < 4.78 is 2.13. The fourth-order valence-corrected chi connectivity index (χ4v) is 3.79. The van der Waals surface area contributed by atoms with E-state index in [0.717, 1.165) is 24.6 Å². The van der Waals surface area contributed by atoms with Crippen LogP contribution in [0.3, 0.4) is 0 Å². The minimum Gasteiger partial charge on any atom is -0.311 e. The van der Waals surface area contributed by atoms with Gasteiger partial charge in [-0.1, -0.05) is 20.3 Å². The molecule has 0 amide bonds. The van der Waals surface area contributed by atoms with Crippen LogP contribution in [-0.4, -0.2) is 39.5 Å². The number of hydrogen-bond acceptors (Lipinski definition) is 4. The fraction of sp³-hybridized carbons (Fsp3) is 0.667. The van der Waals surface area contributed by atoms with E-state index >= 15 is 0 Å². The average molecular weight is 292 g/mol. The van der Waals surface area contributed by atoms with Gasteiger partial charge >= 0.3 is 0 Å². The highest BCUT2D eigenvalue weighted by molar-refractivity contribution is 7.15. The van der Waals surface area contributed by atoms with E-state index in [1.807, 2.05) is 0 Å². The van der Waals surface area contributed by atoms with Crippen LogP contribution in [0.5, 0.6) is 0 Å². The number of hydrogen-bond donors (Lipinski definition) is 1. The molecule has 0 radical (unpaired) electrons. The lowest BCUT2D eigenvalue weighted by atomic mass is 10.0. The molecule has 20 heavy (non-hydrogen) atoms. The predicted octanol–water partition coefficient (Wildman–Crippen LogP) is 2.75. The Labute approximate surface area is 124 Å². The van der Waals surface area contributed by atoms with Crippen LogP contribution in [0.1, 0.15) is 38.8 Å². The van der Waals surface area contributed by atoms with Crippen LogP contribution < -0.4 is 5.32 Å². The number of rotatable bonds is 5. The molecule has 1 N–H and O–H groups in total. The molecule has 1 aliphatic heterocycles. The minimum absolute atomic E-state index is 0.631. The van der Waals surface area contributed by atoms with Gasteiger partial charge in [-0.2, -0.15) is 0 Å². The van der Waals surface area contributed by atoms with Crippen LogP contribution >= 0.6 is 11.3 Å². The Kier molecular flexibility index (Phi) is 4.38. The minimum atomic E-state index is 0.631. The first-order valence-electron chi connectivity index (χ1n) is 7.68. The largest absolute Gasteiger partial charge is 0.311 e. The third kappa shape index (κ3) is 2.90. The maximum atomic E-state index is 4.73. The molecule has 0 aromatic carbocycles. The lowest BCUT2D eigenvalue weighted by molar-refractivity contribution is 0.112. The van der Waals surface area contributed by atoms with Gasteiger partial charge in [0.25, 0.3) is 0 Å². The van der Waals surface area contributed by atoms with Crippen LogP contribution in [0.4, 0.5) is 0 Å². The van der Waals surface area contributed by atoms with Gasteiger partial charge in [0.15, 0.2) is 4.96 Å². The van der Waals surface area contributed by atoms with Crippen LogP contribution in [0.2, 0.25) is 0 Å². The van der Waals surface area contributed by atoms with E-state index in [-0.39, 0.29) is 0 Å². The zero-order chi connectivity index (χ0) is 13.9. The standard InChI is InChI=1S/C15H24N4S/c1-3-5-14-8-16-12(4-2)9-19(14)11-13-10-18-6-7-20-15(18)17-13/h6-7,10,12,14,16H,3-5,8-9,11H2,1-2H3. The fourth-order valence-electron chi connectivity index (χ4n) is 3.07. The van der Waals surface area contributed by atoms with Gasteiger partial charge in [-0.25, -0.2) is 4.98 Å². The molecular formula is C15H24N4S. The van der Waals surface area contributed by atoms with E-state index in [1.165, 1.54) is 25.0 Å². The Hall–Kier alpha value is -0.910. The second-order valence-electron chi connectivity index (χ2n) is 5.71. The summed E-state index contributed by atoms with van der Waals surface area (Å²) in [5, 5.41) is 5.76. The van der Waals surface area contributed by atoms with E-state index in [9.17, 15) is 0 Å². The molecule has 3 rings (SSSR count). The zero-order valence-electron chi connectivity index (χ0n) is 12.4. The molecule has 2 atom stereocenters. The van der Waals surface area contributed by atoms with Crippen molar-refractivity contribution in [3.8, 4) is 0 Å². The van der Waals surface area contributed by atoms with E-state index in [0.29, 0.717) is 12.1 Å². The van der Waals surface area contributed by atoms with Crippen LogP contribution in [0, 0.1) is 0 Å². The number of aromatic nitrogens is 2. The molecule has 5 heteroatoms. The van der Waals surface area contributed by atoms with Gasteiger partial charge in [0.1, 0.15) is 0 Å². The Morgan fingerprint density at radius 1 is 1.45 bits per heavy atom. The van der Waals surface area contributed by atoms with Crippen molar-refractivity contribution in [2.24, 2.45) is 0 Å². The van der Waals surface area contributed by atoms with Crippen LogP contribution in [-0.2, 0) is 6.54 Å². The Morgan fingerprint density at radius 3 is 3.10 bits per heavy atom. The summed E-state index contributed by atoms with van der Waals surface area (Å²) in [6, 6.07) is 1.29. The second kappa shape index (κ2) is 6.24. The topological polar surface area (TPSA) is 32.6 Å². The first-order chi connectivity index (χ1) is 9.80. The first-order valence-corrected chi connectivity index (χ1v) is 8.56. The lowest BCUT2D eigenvalue weighted by Crippen LogP contribution is -2.55. The molecule has 0 aliphatic carbocycles. The molecule has 0 saturated carbocycles. The Balaban J connectivity index is 1.72. The number of imidazole rings is 1. The molecule has 110 valence electrons. The lowest BCUT2D eigenvalue weighted by Gasteiger charge is -2.40. The normalized spacial score (nSPS) is 24.5. The molecule has 4 nitrogen and oxygen atoms in total. The summed E-state index contributed by atoms with van der Waals surface area (Å²) in [7, 11) is 0. The zero-order valence-corrected chi connectivity index (χ0v) is 13.2. The van der Waals surface area contributed by atoms with Crippen molar-refractivity contribution in [3.63, 3.8) is 0 Å². The number of fused-ring (bicyclic) bond motifs is 1. The number of piperazine rings is 1. The van der Waals surface area contributed by atoms with Gasteiger partial charge < -0.3 is 5.32 Å². The maximum Gasteiger partial charge on any atom is 0.193 e. The third-order valence-corrected chi connectivity index (χ3v) is 5.01. The number of nitrogens with zero attached hydrogens (tertiary/aromatic N) is 3. The molecule has 2 unspecified atom stereocenters. The molecular weight excluding hydrogens is 268 g/mol. The van der Waals surface area contributed by atoms with Crippen LogP contribution in [0.25, 0.3) is 4.96 Å². The summed E-state index contributed by atoms with van der Waals surface area (Å²) in [5.74, 6) is 0. The van der Waals surface area contributed by atoms with Crippen molar-refractivity contribution >= 4 is 16.3 Å². The van der Waals surface area contributed by atoms with Gasteiger partial charge in [-0.05, 0) is 12.8 Å². The van der Waals surface area contributed by atoms with Gasteiger partial charge in [0.2, 0.25) is 0 Å². The molecule has 1 fully saturated rings. The van der Waals surface area contributed by atoms with Crippen molar-refractivity contribution in [3.05, 3.63) is 23.5 Å². The van der Waals surface area contributed by atoms with Gasteiger partial charge in [-0.3, -0.25) is 9.30 Å². The van der Waals surface area contributed by atoms with E-state index in [2.05, 4.69) is 46.2 Å². The van der Waals surface area contributed by atoms with Crippen molar-refractivity contribution < 1.29 is 0 Å². The number of nitrogens with one attached hydrogen (secondary N) is 1. The molecule has 3 heterocycles. The van der Waals surface area contributed by atoms with Crippen molar-refractivity contribution in [1.82, 2.24) is 19.6 Å². The monoisotopic (exact) mass is 292 g/mol. The summed E-state index contributed by atoms with van der Waals surface area (Å²) in [5.41, 5.74) is 1.20. The maximum absolute atomic E-state index is 4.73. The van der Waals surface area contributed by atoms with Gasteiger partial charge in [0.05, 0.1) is 5.69 Å². The van der Waals surface area contributed by atoms with Crippen molar-refractivity contribution in [1.29, 1.82) is 0 Å². The Morgan fingerprint density at radius 2 is 2.35 bits per heavy atom. The third-order valence-electron chi connectivity index (χ3n) is 4.24. The Bertz CT molecular complexity index is 518.